The van der Waals surface area contributed by atoms with Gasteiger partial charge in [-0.05, 0) is 12.1 Å². The molecule has 1 heterocycles. The van der Waals surface area contributed by atoms with E-state index in [4.69, 9.17) is 14.6 Å². The van der Waals surface area contributed by atoms with Gasteiger partial charge in [0.25, 0.3) is 0 Å². The molecule has 1 unspecified atom stereocenters. The molecule has 6 nitrogen and oxygen atoms in total. The fraction of sp³-hybridized carbons (Fsp3) is 0.500. The summed E-state index contributed by atoms with van der Waals surface area (Å²) in [4.78, 5) is 25.3. The molecule has 2 rings (SSSR count). The molecule has 0 radical (unpaired) electrons. The molecule has 0 spiro atoms. The number of nitrogens with zero attached hydrogens (tertiary/aromatic N) is 1. The number of anilines is 1. The minimum Gasteiger partial charge on any atom is -0.481 e. The summed E-state index contributed by atoms with van der Waals surface area (Å²) in [5, 5.41) is 9.13. The number of carbonyl (C=O) groups is 2. The summed E-state index contributed by atoms with van der Waals surface area (Å²) in [5.41, 5.74) is -0.00789. The minimum atomic E-state index is -0.938. The van der Waals surface area contributed by atoms with Gasteiger partial charge >= 0.3 is 5.97 Å². The molecule has 0 aromatic heterocycles. The van der Waals surface area contributed by atoms with E-state index in [0.717, 1.165) is 0 Å². The van der Waals surface area contributed by atoms with E-state index < -0.39 is 17.3 Å². The van der Waals surface area contributed by atoms with Gasteiger partial charge in [-0.2, -0.15) is 0 Å². The Bertz CT molecular complexity index is 591. The molecule has 1 aromatic rings. The first-order valence-electron chi connectivity index (χ1n) is 7.14. The average molecular weight is 307 g/mol. The summed E-state index contributed by atoms with van der Waals surface area (Å²) in [7, 11) is 0. The highest BCUT2D eigenvalue weighted by atomic mass is 16.7. The van der Waals surface area contributed by atoms with Crippen LogP contribution in [0.1, 0.15) is 27.7 Å². The highest BCUT2D eigenvalue weighted by Gasteiger charge is 2.31. The Kier molecular flexibility index (Phi) is 4.30. The fourth-order valence-electron chi connectivity index (χ4n) is 2.12. The molecule has 0 saturated carbocycles. The van der Waals surface area contributed by atoms with Crippen LogP contribution < -0.4 is 14.4 Å². The summed E-state index contributed by atoms with van der Waals surface area (Å²) in [6.45, 7) is 7.25. The van der Waals surface area contributed by atoms with Crippen LogP contribution in [0, 0.1) is 11.3 Å². The highest BCUT2D eigenvalue weighted by Crippen LogP contribution is 2.36. The van der Waals surface area contributed by atoms with Crippen LogP contribution in [-0.4, -0.2) is 30.3 Å². The first kappa shape index (κ1) is 16.1. The van der Waals surface area contributed by atoms with E-state index in [1.54, 1.807) is 45.9 Å². The number of hydrogen-bond acceptors (Lipinski definition) is 4. The minimum absolute atomic E-state index is 0.102. The molecular formula is C16H21NO5. The van der Waals surface area contributed by atoms with Crippen LogP contribution in [-0.2, 0) is 9.59 Å². The van der Waals surface area contributed by atoms with E-state index in [-0.39, 0.29) is 19.2 Å². The zero-order chi connectivity index (χ0) is 16.5. The lowest BCUT2D eigenvalue weighted by Crippen LogP contribution is -2.43. The Balaban J connectivity index is 2.35. The Labute approximate surface area is 129 Å². The van der Waals surface area contributed by atoms with Crippen LogP contribution in [0.3, 0.4) is 0 Å². The molecule has 0 saturated heterocycles. The smallest absolute Gasteiger partial charge is 0.308 e. The number of rotatable bonds is 4. The van der Waals surface area contributed by atoms with E-state index in [2.05, 4.69) is 0 Å². The van der Waals surface area contributed by atoms with Crippen molar-refractivity contribution in [3.05, 3.63) is 18.2 Å². The number of carboxylic acids is 1. The third-order valence-electron chi connectivity index (χ3n) is 3.43. The number of fused-ring (bicyclic) bond motifs is 1. The predicted molar refractivity (Wildman–Crippen MR) is 81.2 cm³/mol. The second kappa shape index (κ2) is 5.87. The summed E-state index contributed by atoms with van der Waals surface area (Å²) in [5.74, 6) is -0.561. The number of amides is 1. The average Bonchev–Trinajstić information content (AvgIpc) is 2.89. The zero-order valence-corrected chi connectivity index (χ0v) is 13.3. The second-order valence-electron chi connectivity index (χ2n) is 6.44. The van der Waals surface area contributed by atoms with Crippen molar-refractivity contribution in [3.63, 3.8) is 0 Å². The number of benzene rings is 1. The van der Waals surface area contributed by atoms with Crippen molar-refractivity contribution in [3.8, 4) is 11.5 Å². The van der Waals surface area contributed by atoms with Gasteiger partial charge in [0.2, 0.25) is 12.7 Å². The van der Waals surface area contributed by atoms with Crippen molar-refractivity contribution in [1.82, 2.24) is 0 Å². The highest BCUT2D eigenvalue weighted by molar-refractivity contribution is 5.97. The van der Waals surface area contributed by atoms with Gasteiger partial charge in [-0.15, -0.1) is 0 Å². The van der Waals surface area contributed by atoms with E-state index >= 15 is 0 Å². The normalized spacial score (nSPS) is 14.5. The monoisotopic (exact) mass is 307 g/mol. The molecule has 0 bridgehead atoms. The SMILES string of the molecule is CC(CN(C(=O)C(C)(C)C)c1ccc2c(c1)OCO2)C(=O)O. The molecule has 22 heavy (non-hydrogen) atoms. The maximum absolute atomic E-state index is 12.7. The number of ether oxygens (including phenoxy) is 2. The second-order valence-corrected chi connectivity index (χ2v) is 6.44. The lowest BCUT2D eigenvalue weighted by Gasteiger charge is -2.31. The van der Waals surface area contributed by atoms with Crippen molar-refractivity contribution in [2.45, 2.75) is 27.7 Å². The van der Waals surface area contributed by atoms with Crippen LogP contribution in [0.15, 0.2) is 18.2 Å². The van der Waals surface area contributed by atoms with Crippen molar-refractivity contribution in [2.24, 2.45) is 11.3 Å². The molecule has 1 atom stereocenters. The Morgan fingerprint density at radius 2 is 1.91 bits per heavy atom. The summed E-state index contributed by atoms with van der Waals surface area (Å²) < 4.78 is 10.6. The van der Waals surface area contributed by atoms with Crippen molar-refractivity contribution in [1.29, 1.82) is 0 Å². The van der Waals surface area contributed by atoms with Crippen LogP contribution in [0.2, 0.25) is 0 Å². The lowest BCUT2D eigenvalue weighted by atomic mass is 9.93. The van der Waals surface area contributed by atoms with E-state index in [1.807, 2.05) is 0 Å². The van der Waals surface area contributed by atoms with Crippen molar-refractivity contribution in [2.75, 3.05) is 18.2 Å². The van der Waals surface area contributed by atoms with Crippen molar-refractivity contribution < 1.29 is 24.2 Å². The molecule has 1 N–H and O–H groups in total. The van der Waals surface area contributed by atoms with E-state index in [1.165, 1.54) is 4.90 Å². The first-order valence-corrected chi connectivity index (χ1v) is 7.14. The summed E-state index contributed by atoms with van der Waals surface area (Å²) in [6.07, 6.45) is 0. The molecule has 1 aliphatic heterocycles. The molecule has 1 aliphatic rings. The Morgan fingerprint density at radius 3 is 2.50 bits per heavy atom. The van der Waals surface area contributed by atoms with Gasteiger partial charge in [-0.3, -0.25) is 9.59 Å². The van der Waals surface area contributed by atoms with Gasteiger partial charge in [-0.25, -0.2) is 0 Å². The van der Waals surface area contributed by atoms with Crippen LogP contribution in [0.4, 0.5) is 5.69 Å². The molecule has 0 fully saturated rings. The van der Waals surface area contributed by atoms with Gasteiger partial charge in [0.15, 0.2) is 11.5 Å². The predicted octanol–water partition coefficient (Wildman–Crippen LogP) is 2.52. The zero-order valence-electron chi connectivity index (χ0n) is 13.3. The topological polar surface area (TPSA) is 76.1 Å². The van der Waals surface area contributed by atoms with Gasteiger partial charge in [0.05, 0.1) is 5.92 Å². The molecule has 120 valence electrons. The third kappa shape index (κ3) is 3.32. The van der Waals surface area contributed by atoms with Crippen LogP contribution in [0.5, 0.6) is 11.5 Å². The van der Waals surface area contributed by atoms with Crippen molar-refractivity contribution >= 4 is 17.6 Å². The maximum atomic E-state index is 12.7. The fourth-order valence-corrected chi connectivity index (χ4v) is 2.12. The molecular weight excluding hydrogens is 286 g/mol. The number of carboxylic acid groups (broad SMARTS) is 1. The van der Waals surface area contributed by atoms with Gasteiger partial charge in [-0.1, -0.05) is 27.7 Å². The molecule has 1 amide bonds. The van der Waals surface area contributed by atoms with Gasteiger partial charge in [0.1, 0.15) is 0 Å². The standard InChI is InChI=1S/C16H21NO5/c1-10(14(18)19)8-17(15(20)16(2,3)4)11-5-6-12-13(7-11)22-9-21-12/h5-7,10H,8-9H2,1-4H3,(H,18,19). The number of aliphatic carboxylic acids is 1. The van der Waals surface area contributed by atoms with E-state index in [0.29, 0.717) is 17.2 Å². The Morgan fingerprint density at radius 1 is 1.27 bits per heavy atom. The number of hydrogen-bond donors (Lipinski definition) is 1. The largest absolute Gasteiger partial charge is 0.481 e. The van der Waals surface area contributed by atoms with Crippen LogP contribution >= 0.6 is 0 Å². The quantitative estimate of drug-likeness (QED) is 0.925. The van der Waals surface area contributed by atoms with Gasteiger partial charge < -0.3 is 19.5 Å². The summed E-state index contributed by atoms with van der Waals surface area (Å²) >= 11 is 0. The molecule has 0 aliphatic carbocycles. The summed E-state index contributed by atoms with van der Waals surface area (Å²) in [6, 6.07) is 5.18. The molecule has 1 aromatic carbocycles. The van der Waals surface area contributed by atoms with Gasteiger partial charge in [0, 0.05) is 23.7 Å². The Hall–Kier alpha value is -2.24. The lowest BCUT2D eigenvalue weighted by molar-refractivity contribution is -0.140. The molecule has 6 heteroatoms. The first-order chi connectivity index (χ1) is 10.2. The van der Waals surface area contributed by atoms with Crippen LogP contribution in [0.25, 0.3) is 0 Å². The number of carbonyl (C=O) groups excluding carboxylic acids is 1. The third-order valence-corrected chi connectivity index (χ3v) is 3.43. The maximum Gasteiger partial charge on any atom is 0.308 e. The van der Waals surface area contributed by atoms with E-state index in [9.17, 15) is 9.59 Å².